The van der Waals surface area contributed by atoms with Crippen LogP contribution in [-0.2, 0) is 11.3 Å². The molecule has 0 radical (unpaired) electrons. The van der Waals surface area contributed by atoms with Gasteiger partial charge in [0.25, 0.3) is 0 Å². The van der Waals surface area contributed by atoms with E-state index in [2.05, 4.69) is 26.6 Å². The van der Waals surface area contributed by atoms with E-state index in [0.717, 1.165) is 35.2 Å². The van der Waals surface area contributed by atoms with Crippen molar-refractivity contribution in [2.75, 3.05) is 11.4 Å². The number of imidazole rings is 1. The smallest absolute Gasteiger partial charge is 0.232 e. The first-order chi connectivity index (χ1) is 14.2. The lowest BCUT2D eigenvalue weighted by molar-refractivity contribution is -0.117. The van der Waals surface area contributed by atoms with E-state index < -0.39 is 0 Å². The minimum absolute atomic E-state index is 0.0730. The lowest BCUT2D eigenvalue weighted by Gasteiger charge is -2.15. The van der Waals surface area contributed by atoms with E-state index in [-0.39, 0.29) is 11.8 Å². The van der Waals surface area contributed by atoms with Gasteiger partial charge in [0.2, 0.25) is 17.6 Å². The Kier molecular flexibility index (Phi) is 4.35. The molecule has 0 aliphatic carbocycles. The van der Waals surface area contributed by atoms with Gasteiger partial charge in [0, 0.05) is 30.8 Å². The minimum atomic E-state index is -0.101. The van der Waals surface area contributed by atoms with Crippen molar-refractivity contribution < 1.29 is 9.32 Å². The van der Waals surface area contributed by atoms with Gasteiger partial charge in [-0.3, -0.25) is 4.79 Å². The lowest BCUT2D eigenvalue weighted by atomic mass is 10.1. The average Bonchev–Trinajstić information content (AvgIpc) is 3.47. The highest BCUT2D eigenvalue weighted by Gasteiger charge is 2.35. The molecule has 4 aromatic rings. The molecule has 1 amide bonds. The van der Waals surface area contributed by atoms with Crippen LogP contribution >= 0.6 is 0 Å². The van der Waals surface area contributed by atoms with Gasteiger partial charge in [0.15, 0.2) is 0 Å². The number of fused-ring (bicyclic) bond motifs is 1. The Morgan fingerprint density at radius 2 is 2.03 bits per heavy atom. The predicted molar refractivity (Wildman–Crippen MR) is 109 cm³/mol. The Bertz CT molecular complexity index is 1160. The molecule has 0 spiro atoms. The van der Waals surface area contributed by atoms with E-state index in [1.807, 2.05) is 54.9 Å². The van der Waals surface area contributed by atoms with Gasteiger partial charge < -0.3 is 14.0 Å². The predicted octanol–water partition coefficient (Wildman–Crippen LogP) is 4.02. The second-order valence-corrected chi connectivity index (χ2v) is 7.34. The number of hydrogen-bond donors (Lipinski definition) is 0. The van der Waals surface area contributed by atoms with E-state index >= 15 is 0 Å². The standard InChI is InChI=1S/C22H21N5O2/c1-2-10-26-14-23-18-11-15(8-9-19(18)26)21-24-22(29-25-21)16-12-20(28)27(13-16)17-6-4-3-5-7-17/h3-9,11,14,16H,2,10,12-13H2,1H3/t16-/m0/s1. The number of nitrogens with zero attached hydrogens (tertiary/aromatic N) is 5. The molecular formula is C22H21N5O2. The zero-order valence-electron chi connectivity index (χ0n) is 16.2. The maximum absolute atomic E-state index is 12.5. The van der Waals surface area contributed by atoms with Gasteiger partial charge in [-0.1, -0.05) is 30.3 Å². The number of anilines is 1. The molecule has 7 heteroatoms. The van der Waals surface area contributed by atoms with Crippen LogP contribution in [-0.4, -0.2) is 32.1 Å². The summed E-state index contributed by atoms with van der Waals surface area (Å²) in [6, 6.07) is 15.7. The Balaban J connectivity index is 1.38. The second kappa shape index (κ2) is 7.16. The summed E-state index contributed by atoms with van der Waals surface area (Å²) in [4.78, 5) is 23.3. The maximum Gasteiger partial charge on any atom is 0.232 e. The fourth-order valence-electron chi connectivity index (χ4n) is 3.87. The third kappa shape index (κ3) is 3.18. The summed E-state index contributed by atoms with van der Waals surface area (Å²) in [5, 5.41) is 4.15. The van der Waals surface area contributed by atoms with Crippen molar-refractivity contribution in [3.63, 3.8) is 0 Å². The molecule has 0 bridgehead atoms. The zero-order valence-corrected chi connectivity index (χ0v) is 16.2. The largest absolute Gasteiger partial charge is 0.339 e. The second-order valence-electron chi connectivity index (χ2n) is 7.34. The SMILES string of the molecule is CCCn1cnc2cc(-c3noc([C@H]4CC(=O)N(c5ccccc5)C4)n3)ccc21. The van der Waals surface area contributed by atoms with Crippen LogP contribution in [0.5, 0.6) is 0 Å². The highest BCUT2D eigenvalue weighted by atomic mass is 16.5. The third-order valence-corrected chi connectivity index (χ3v) is 5.33. The maximum atomic E-state index is 12.5. The van der Waals surface area contributed by atoms with Crippen molar-refractivity contribution in [2.24, 2.45) is 0 Å². The first-order valence-corrected chi connectivity index (χ1v) is 9.87. The Morgan fingerprint density at radius 1 is 1.17 bits per heavy atom. The van der Waals surface area contributed by atoms with E-state index in [0.29, 0.717) is 24.7 Å². The van der Waals surface area contributed by atoms with Crippen LogP contribution in [0.25, 0.3) is 22.4 Å². The van der Waals surface area contributed by atoms with Gasteiger partial charge in [0.1, 0.15) is 0 Å². The molecule has 29 heavy (non-hydrogen) atoms. The monoisotopic (exact) mass is 387 g/mol. The zero-order chi connectivity index (χ0) is 19.8. The van der Waals surface area contributed by atoms with Crippen LogP contribution in [0.4, 0.5) is 5.69 Å². The van der Waals surface area contributed by atoms with Crippen LogP contribution < -0.4 is 4.90 Å². The van der Waals surface area contributed by atoms with Crippen molar-refractivity contribution >= 4 is 22.6 Å². The van der Waals surface area contributed by atoms with Crippen LogP contribution in [0.2, 0.25) is 0 Å². The van der Waals surface area contributed by atoms with Crippen LogP contribution in [0.1, 0.15) is 31.6 Å². The van der Waals surface area contributed by atoms with Gasteiger partial charge in [-0.15, -0.1) is 0 Å². The molecule has 0 unspecified atom stereocenters. The summed E-state index contributed by atoms with van der Waals surface area (Å²) < 4.78 is 7.67. The van der Waals surface area contributed by atoms with Gasteiger partial charge in [-0.25, -0.2) is 4.98 Å². The molecule has 7 nitrogen and oxygen atoms in total. The van der Waals surface area contributed by atoms with Crippen molar-refractivity contribution in [3.8, 4) is 11.4 Å². The fourth-order valence-corrected chi connectivity index (χ4v) is 3.87. The number of amides is 1. The number of benzene rings is 2. The van der Waals surface area contributed by atoms with Crippen LogP contribution in [0, 0.1) is 0 Å². The summed E-state index contributed by atoms with van der Waals surface area (Å²) in [5.74, 6) is 1.00. The molecule has 1 fully saturated rings. The summed E-state index contributed by atoms with van der Waals surface area (Å²) >= 11 is 0. The Hall–Kier alpha value is -3.48. The van der Waals surface area contributed by atoms with E-state index in [9.17, 15) is 4.79 Å². The summed E-state index contributed by atoms with van der Waals surface area (Å²) in [5.41, 5.74) is 3.76. The highest BCUT2D eigenvalue weighted by Crippen LogP contribution is 2.32. The number of aromatic nitrogens is 4. The van der Waals surface area contributed by atoms with Gasteiger partial charge in [-0.05, 0) is 36.8 Å². The fraction of sp³-hybridized carbons (Fsp3) is 0.273. The molecule has 1 aliphatic rings. The number of rotatable bonds is 5. The van der Waals surface area contributed by atoms with Crippen molar-refractivity contribution in [3.05, 3.63) is 60.7 Å². The molecule has 2 aromatic carbocycles. The summed E-state index contributed by atoms with van der Waals surface area (Å²) in [6.07, 6.45) is 3.29. The molecular weight excluding hydrogens is 366 g/mol. The molecule has 0 N–H and O–H groups in total. The Labute approximate surface area is 168 Å². The van der Waals surface area contributed by atoms with Gasteiger partial charge in [-0.2, -0.15) is 4.98 Å². The number of carbonyl (C=O) groups excluding carboxylic acids is 1. The summed E-state index contributed by atoms with van der Waals surface area (Å²) in [7, 11) is 0. The first kappa shape index (κ1) is 17.6. The number of carbonyl (C=O) groups is 1. The average molecular weight is 387 g/mol. The Morgan fingerprint density at radius 3 is 2.86 bits per heavy atom. The number of hydrogen-bond acceptors (Lipinski definition) is 5. The van der Waals surface area contributed by atoms with Gasteiger partial charge in [0.05, 0.1) is 23.3 Å². The number of para-hydroxylation sites is 1. The third-order valence-electron chi connectivity index (χ3n) is 5.33. The molecule has 146 valence electrons. The van der Waals surface area contributed by atoms with Crippen LogP contribution in [0.3, 0.4) is 0 Å². The molecule has 3 heterocycles. The van der Waals surface area contributed by atoms with E-state index in [1.165, 1.54) is 0 Å². The summed E-state index contributed by atoms with van der Waals surface area (Å²) in [6.45, 7) is 3.63. The molecule has 1 aliphatic heterocycles. The lowest BCUT2D eigenvalue weighted by Crippen LogP contribution is -2.24. The van der Waals surface area contributed by atoms with E-state index in [1.54, 1.807) is 4.90 Å². The molecule has 5 rings (SSSR count). The molecule has 2 aromatic heterocycles. The van der Waals surface area contributed by atoms with Crippen molar-refractivity contribution in [1.29, 1.82) is 0 Å². The highest BCUT2D eigenvalue weighted by molar-refractivity contribution is 5.96. The minimum Gasteiger partial charge on any atom is -0.339 e. The quantitative estimate of drug-likeness (QED) is 0.517. The van der Waals surface area contributed by atoms with Crippen LogP contribution in [0.15, 0.2) is 59.4 Å². The van der Waals surface area contributed by atoms with E-state index in [4.69, 9.17) is 4.52 Å². The number of aryl methyl sites for hydroxylation is 1. The topological polar surface area (TPSA) is 77.0 Å². The molecule has 1 atom stereocenters. The molecule has 1 saturated heterocycles. The first-order valence-electron chi connectivity index (χ1n) is 9.87. The van der Waals surface area contributed by atoms with Crippen molar-refractivity contribution in [1.82, 2.24) is 19.7 Å². The molecule has 0 saturated carbocycles. The van der Waals surface area contributed by atoms with Crippen molar-refractivity contribution in [2.45, 2.75) is 32.2 Å². The van der Waals surface area contributed by atoms with Gasteiger partial charge >= 0.3 is 0 Å². The normalized spacial score (nSPS) is 16.8.